The fourth-order valence-electron chi connectivity index (χ4n) is 4.09. The molecule has 2 N–H and O–H groups in total. The monoisotopic (exact) mass is 493 g/mol. The third kappa shape index (κ3) is 6.67. The molecule has 0 bridgehead atoms. The number of aryl methyl sites for hydroxylation is 2. The number of aromatic nitrogens is 2. The summed E-state index contributed by atoms with van der Waals surface area (Å²) in [7, 11) is 0. The van der Waals surface area contributed by atoms with Gasteiger partial charge in [0.15, 0.2) is 0 Å². The Morgan fingerprint density at radius 1 is 1.03 bits per heavy atom. The number of halogens is 4. The lowest BCUT2D eigenvalue weighted by Crippen LogP contribution is -2.30. The predicted molar refractivity (Wildman–Crippen MR) is 118 cm³/mol. The maximum atomic E-state index is 14.1. The molecule has 3 rings (SSSR count). The Morgan fingerprint density at radius 3 is 2.17 bits per heavy atom. The molecule has 0 aliphatic heterocycles. The molecule has 6 nitrogen and oxygen atoms in total. The van der Waals surface area contributed by atoms with Gasteiger partial charge in [-0.05, 0) is 63.1 Å². The minimum Gasteiger partial charge on any atom is -0.550 e. The SMILES string of the molecule is Cc1cc(C)cc(-c2c(-c3ccc(F)cc3)nc(C(F)(F)F)n2CC[C@@H](O)C[C@@H](O)CC(=O)[O-])c1. The summed E-state index contributed by atoms with van der Waals surface area (Å²) in [6, 6.07) is 10.3. The number of aliphatic carboxylic acids is 1. The molecular formula is C25H25F4N2O4-. The third-order valence-electron chi connectivity index (χ3n) is 5.47. The highest BCUT2D eigenvalue weighted by atomic mass is 19.4. The summed E-state index contributed by atoms with van der Waals surface area (Å²) in [6.07, 6.45) is -8.73. The molecular weight excluding hydrogens is 468 g/mol. The number of aliphatic hydroxyl groups is 2. The number of carbonyl (C=O) groups is 1. The minimum absolute atomic E-state index is 0.00815. The topological polar surface area (TPSA) is 98.4 Å². The standard InChI is InChI=1S/C25H26F4N2O4/c1-14-9-15(2)11-17(10-14)23-22(16-3-5-18(26)6-4-16)30-24(25(27,28)29)31(23)8-7-19(32)12-20(33)13-21(34)35/h3-6,9-11,19-20,32-33H,7-8,12-13H2,1-2H3,(H,34,35)/p-1/t19-,20-/m1/s1. The molecule has 35 heavy (non-hydrogen) atoms. The van der Waals surface area contributed by atoms with E-state index >= 15 is 0 Å². The maximum Gasteiger partial charge on any atom is 0.449 e. The Hall–Kier alpha value is -3.24. The first-order valence-corrected chi connectivity index (χ1v) is 10.9. The molecule has 0 spiro atoms. The molecule has 0 aliphatic carbocycles. The number of carboxylic acid groups (broad SMARTS) is 1. The quantitative estimate of drug-likeness (QED) is 0.444. The zero-order valence-electron chi connectivity index (χ0n) is 19.1. The second-order valence-electron chi connectivity index (χ2n) is 8.57. The lowest BCUT2D eigenvalue weighted by Gasteiger charge is -2.19. The molecule has 2 aromatic carbocycles. The first-order chi connectivity index (χ1) is 16.3. The van der Waals surface area contributed by atoms with Gasteiger partial charge in [-0.25, -0.2) is 9.37 Å². The summed E-state index contributed by atoms with van der Waals surface area (Å²) < 4.78 is 56.6. The molecule has 2 atom stereocenters. The molecule has 0 aliphatic rings. The van der Waals surface area contributed by atoms with Crippen LogP contribution in [0.2, 0.25) is 0 Å². The van der Waals surface area contributed by atoms with E-state index < -0.39 is 42.4 Å². The fourth-order valence-corrected chi connectivity index (χ4v) is 4.09. The van der Waals surface area contributed by atoms with Crippen LogP contribution in [-0.2, 0) is 17.5 Å². The van der Waals surface area contributed by atoms with Crippen molar-refractivity contribution in [3.63, 3.8) is 0 Å². The van der Waals surface area contributed by atoms with E-state index in [0.29, 0.717) is 5.56 Å². The van der Waals surface area contributed by atoms with Crippen LogP contribution in [0.1, 0.15) is 36.2 Å². The molecule has 3 aromatic rings. The van der Waals surface area contributed by atoms with Gasteiger partial charge in [-0.15, -0.1) is 0 Å². The van der Waals surface area contributed by atoms with E-state index in [1.165, 1.54) is 12.1 Å². The second-order valence-corrected chi connectivity index (χ2v) is 8.57. The van der Waals surface area contributed by atoms with Crippen LogP contribution in [0.4, 0.5) is 17.6 Å². The van der Waals surface area contributed by atoms with Crippen molar-refractivity contribution in [2.45, 2.75) is 58.0 Å². The predicted octanol–water partition coefficient (Wildman–Crippen LogP) is 3.63. The Bertz CT molecular complexity index is 1170. The molecule has 188 valence electrons. The number of nitrogens with zero attached hydrogens (tertiary/aromatic N) is 2. The van der Waals surface area contributed by atoms with Gasteiger partial charge in [-0.2, -0.15) is 13.2 Å². The van der Waals surface area contributed by atoms with Crippen LogP contribution >= 0.6 is 0 Å². The molecule has 1 aromatic heterocycles. The number of carboxylic acids is 1. The highest BCUT2D eigenvalue weighted by molar-refractivity contribution is 5.80. The molecule has 0 fully saturated rings. The smallest absolute Gasteiger partial charge is 0.449 e. The highest BCUT2D eigenvalue weighted by Gasteiger charge is 2.39. The summed E-state index contributed by atoms with van der Waals surface area (Å²) in [4.78, 5) is 14.5. The van der Waals surface area contributed by atoms with E-state index in [1.54, 1.807) is 12.1 Å². The van der Waals surface area contributed by atoms with Gasteiger partial charge in [0, 0.05) is 30.1 Å². The maximum absolute atomic E-state index is 14.1. The molecule has 0 radical (unpaired) electrons. The Kier molecular flexibility index (Phi) is 7.97. The normalized spacial score (nSPS) is 13.6. The van der Waals surface area contributed by atoms with Crippen molar-refractivity contribution in [3.05, 3.63) is 65.2 Å². The van der Waals surface area contributed by atoms with Crippen molar-refractivity contribution in [1.82, 2.24) is 9.55 Å². The average Bonchev–Trinajstić information content (AvgIpc) is 3.11. The average molecular weight is 493 g/mol. The van der Waals surface area contributed by atoms with Gasteiger partial charge < -0.3 is 24.7 Å². The summed E-state index contributed by atoms with van der Waals surface area (Å²) in [5.74, 6) is -3.23. The van der Waals surface area contributed by atoms with Crippen LogP contribution in [0.5, 0.6) is 0 Å². The summed E-state index contributed by atoms with van der Waals surface area (Å²) >= 11 is 0. The number of imidazole rings is 1. The number of aliphatic hydroxyl groups excluding tert-OH is 2. The van der Waals surface area contributed by atoms with Crippen molar-refractivity contribution in [3.8, 4) is 22.5 Å². The van der Waals surface area contributed by atoms with Gasteiger partial charge in [0.2, 0.25) is 5.82 Å². The fraction of sp³-hybridized carbons (Fsp3) is 0.360. The zero-order valence-corrected chi connectivity index (χ0v) is 19.1. The number of benzene rings is 2. The number of carbonyl (C=O) groups excluding carboxylic acids is 1. The number of hydrogen-bond acceptors (Lipinski definition) is 5. The highest BCUT2D eigenvalue weighted by Crippen LogP contribution is 2.39. The van der Waals surface area contributed by atoms with Gasteiger partial charge in [0.1, 0.15) is 5.82 Å². The largest absolute Gasteiger partial charge is 0.550 e. The molecule has 0 amide bonds. The van der Waals surface area contributed by atoms with Crippen LogP contribution < -0.4 is 5.11 Å². The molecule has 10 heteroatoms. The molecule has 0 saturated carbocycles. The van der Waals surface area contributed by atoms with Gasteiger partial charge in [-0.1, -0.05) is 17.2 Å². The van der Waals surface area contributed by atoms with Crippen LogP contribution in [0.25, 0.3) is 22.5 Å². The van der Waals surface area contributed by atoms with Crippen LogP contribution in [0, 0.1) is 19.7 Å². The van der Waals surface area contributed by atoms with Gasteiger partial charge in [0.05, 0.1) is 23.6 Å². The van der Waals surface area contributed by atoms with E-state index in [9.17, 15) is 37.7 Å². The number of rotatable bonds is 9. The van der Waals surface area contributed by atoms with Gasteiger partial charge >= 0.3 is 6.18 Å². The van der Waals surface area contributed by atoms with Crippen LogP contribution in [-0.4, -0.2) is 37.9 Å². The summed E-state index contributed by atoms with van der Waals surface area (Å²) in [5, 5.41) is 30.6. The molecule has 0 saturated heterocycles. The second kappa shape index (κ2) is 10.6. The first kappa shape index (κ1) is 26.4. The Morgan fingerprint density at radius 2 is 1.63 bits per heavy atom. The van der Waals surface area contributed by atoms with Crippen molar-refractivity contribution < 1.29 is 37.7 Å². The van der Waals surface area contributed by atoms with E-state index in [2.05, 4.69) is 4.98 Å². The lowest BCUT2D eigenvalue weighted by molar-refractivity contribution is -0.307. The lowest BCUT2D eigenvalue weighted by atomic mass is 10.0. The number of hydrogen-bond donors (Lipinski definition) is 2. The van der Waals surface area contributed by atoms with Crippen molar-refractivity contribution in [2.75, 3.05) is 0 Å². The Labute approximate surface area is 199 Å². The first-order valence-electron chi connectivity index (χ1n) is 10.9. The van der Waals surface area contributed by atoms with Gasteiger partial charge in [0.25, 0.3) is 0 Å². The van der Waals surface area contributed by atoms with E-state index in [4.69, 9.17) is 0 Å². The van der Waals surface area contributed by atoms with Gasteiger partial charge in [-0.3, -0.25) is 0 Å². The van der Waals surface area contributed by atoms with Crippen molar-refractivity contribution in [1.29, 1.82) is 0 Å². The summed E-state index contributed by atoms with van der Waals surface area (Å²) in [6.45, 7) is 3.30. The minimum atomic E-state index is -4.83. The number of alkyl halides is 3. The summed E-state index contributed by atoms with van der Waals surface area (Å²) in [5.41, 5.74) is 2.55. The third-order valence-corrected chi connectivity index (χ3v) is 5.47. The van der Waals surface area contributed by atoms with Crippen molar-refractivity contribution >= 4 is 5.97 Å². The Balaban J connectivity index is 2.11. The van der Waals surface area contributed by atoms with Crippen molar-refractivity contribution in [2.24, 2.45) is 0 Å². The zero-order chi connectivity index (χ0) is 25.9. The van der Waals surface area contributed by atoms with Crippen LogP contribution in [0.3, 0.4) is 0 Å². The van der Waals surface area contributed by atoms with Crippen LogP contribution in [0.15, 0.2) is 42.5 Å². The van der Waals surface area contributed by atoms with E-state index in [1.807, 2.05) is 19.9 Å². The van der Waals surface area contributed by atoms with E-state index in [-0.39, 0.29) is 36.3 Å². The van der Waals surface area contributed by atoms with E-state index in [0.717, 1.165) is 27.8 Å². The molecule has 0 unspecified atom stereocenters. The molecule has 1 heterocycles.